The van der Waals surface area contributed by atoms with E-state index < -0.39 is 15.6 Å². The molecule has 4 rings (SSSR count). The number of fused-ring (bicyclic) bond motifs is 1. The molecule has 3 heterocycles. The lowest BCUT2D eigenvalue weighted by molar-refractivity contribution is -0.129. The Balaban J connectivity index is 1.56. The van der Waals surface area contributed by atoms with Crippen LogP contribution in [0.2, 0.25) is 0 Å². The first-order chi connectivity index (χ1) is 14.3. The van der Waals surface area contributed by atoms with Gasteiger partial charge in [0, 0.05) is 37.0 Å². The van der Waals surface area contributed by atoms with Crippen LogP contribution in [0.1, 0.15) is 24.6 Å². The van der Waals surface area contributed by atoms with E-state index in [2.05, 4.69) is 10.1 Å². The Hall–Kier alpha value is -2.94. The molecule has 9 heteroatoms. The number of amides is 1. The second kappa shape index (κ2) is 8.06. The highest BCUT2D eigenvalue weighted by molar-refractivity contribution is 7.91. The van der Waals surface area contributed by atoms with Gasteiger partial charge in [0.25, 0.3) is 0 Å². The highest BCUT2D eigenvalue weighted by atomic mass is 32.2. The number of aromatic nitrogens is 3. The predicted molar refractivity (Wildman–Crippen MR) is 113 cm³/mol. The number of pyridine rings is 1. The summed E-state index contributed by atoms with van der Waals surface area (Å²) in [5.74, 6) is 0.638. The number of hydrogen-bond donors (Lipinski definition) is 0. The van der Waals surface area contributed by atoms with Gasteiger partial charge in [0.2, 0.25) is 5.91 Å². The summed E-state index contributed by atoms with van der Waals surface area (Å²) in [4.78, 5) is 18.6. The van der Waals surface area contributed by atoms with Crippen molar-refractivity contribution in [2.45, 2.75) is 18.8 Å². The monoisotopic (exact) mass is 428 g/mol. The summed E-state index contributed by atoms with van der Waals surface area (Å²) in [6, 6.07) is 11.7. The van der Waals surface area contributed by atoms with Crippen molar-refractivity contribution in [2.24, 2.45) is 0 Å². The third kappa shape index (κ3) is 4.46. The first kappa shape index (κ1) is 20.3. The number of nitrogens with zero attached hydrogens (tertiary/aromatic N) is 4. The van der Waals surface area contributed by atoms with E-state index >= 15 is 0 Å². The molecule has 1 aromatic carbocycles. The number of sulfone groups is 1. The van der Waals surface area contributed by atoms with E-state index in [-0.39, 0.29) is 11.8 Å². The maximum absolute atomic E-state index is 12.3. The quantitative estimate of drug-likeness (QED) is 0.618. The molecule has 3 aromatic rings. The number of rotatable bonds is 5. The van der Waals surface area contributed by atoms with Crippen molar-refractivity contribution in [2.75, 3.05) is 32.2 Å². The second-order valence-electron chi connectivity index (χ2n) is 7.67. The van der Waals surface area contributed by atoms with Gasteiger partial charge in [0.05, 0.1) is 7.11 Å². The van der Waals surface area contributed by atoms with Crippen LogP contribution >= 0.6 is 0 Å². The summed E-state index contributed by atoms with van der Waals surface area (Å²) in [7, 11) is -1.71. The molecule has 0 spiro atoms. The molecule has 1 saturated heterocycles. The molecule has 0 saturated carbocycles. The van der Waals surface area contributed by atoms with Crippen molar-refractivity contribution in [3.05, 3.63) is 48.4 Å². The Kier molecular flexibility index (Phi) is 5.46. The predicted octanol–water partition coefficient (Wildman–Crippen LogP) is 2.16. The van der Waals surface area contributed by atoms with Gasteiger partial charge >= 0.3 is 0 Å². The Labute approximate surface area is 175 Å². The fourth-order valence-electron chi connectivity index (χ4n) is 3.78. The summed E-state index contributed by atoms with van der Waals surface area (Å²) in [5, 5.41) is 4.65. The van der Waals surface area contributed by atoms with Gasteiger partial charge in [-0.15, -0.1) is 0 Å². The minimum atomic E-state index is -3.35. The number of carbonyl (C=O) groups is 1. The lowest BCUT2D eigenvalue weighted by atomic mass is 9.97. The topological polar surface area (TPSA) is 93.9 Å². The van der Waals surface area contributed by atoms with Gasteiger partial charge < -0.3 is 9.64 Å². The first-order valence-electron chi connectivity index (χ1n) is 9.78. The molecule has 1 aliphatic heterocycles. The normalized spacial score (nSPS) is 17.3. The van der Waals surface area contributed by atoms with Crippen LogP contribution in [0.15, 0.2) is 42.6 Å². The van der Waals surface area contributed by atoms with Gasteiger partial charge in [-0.25, -0.2) is 17.9 Å². The van der Waals surface area contributed by atoms with Gasteiger partial charge in [-0.3, -0.25) is 4.79 Å². The lowest BCUT2D eigenvalue weighted by Crippen LogP contribution is -2.42. The summed E-state index contributed by atoms with van der Waals surface area (Å²) < 4.78 is 30.0. The molecule has 8 nitrogen and oxygen atoms in total. The fraction of sp³-hybridized carbons (Fsp3) is 0.381. The highest BCUT2D eigenvalue weighted by Gasteiger charge is 2.28. The van der Waals surface area contributed by atoms with Crippen molar-refractivity contribution < 1.29 is 17.9 Å². The molecule has 1 unspecified atom stereocenters. The van der Waals surface area contributed by atoms with Gasteiger partial charge in [-0.2, -0.15) is 5.10 Å². The van der Waals surface area contributed by atoms with E-state index in [1.807, 2.05) is 42.6 Å². The molecule has 1 aliphatic rings. The standard InChI is InChI=1S/C21H24N4O4S/c1-29-18-7-3-5-15(11-18)16-8-9-19-22-21(23-25(19)13-16)17-6-4-10-24(12-17)20(26)14-30(2,27)28/h3,5,7-9,11,13,17H,4,6,10,12,14H2,1-2H3. The molecule has 0 radical (unpaired) electrons. The number of benzene rings is 1. The van der Waals surface area contributed by atoms with Crippen molar-refractivity contribution in [1.82, 2.24) is 19.5 Å². The maximum atomic E-state index is 12.3. The third-order valence-corrected chi connectivity index (χ3v) is 6.05. The van der Waals surface area contributed by atoms with Crippen LogP contribution in [0.3, 0.4) is 0 Å². The van der Waals surface area contributed by atoms with Crippen LogP contribution in [0.4, 0.5) is 0 Å². The number of likely N-dealkylation sites (tertiary alicyclic amines) is 1. The summed E-state index contributed by atoms with van der Waals surface area (Å²) >= 11 is 0. The van der Waals surface area contributed by atoms with Crippen molar-refractivity contribution in [3.8, 4) is 16.9 Å². The molecule has 1 atom stereocenters. The van der Waals surface area contributed by atoms with E-state index in [0.717, 1.165) is 41.6 Å². The second-order valence-corrected chi connectivity index (χ2v) is 9.81. The van der Waals surface area contributed by atoms with Crippen molar-refractivity contribution in [1.29, 1.82) is 0 Å². The van der Waals surface area contributed by atoms with Gasteiger partial charge in [-0.05, 0) is 42.7 Å². The minimum Gasteiger partial charge on any atom is -0.497 e. The Morgan fingerprint density at radius 2 is 2.07 bits per heavy atom. The molecule has 30 heavy (non-hydrogen) atoms. The highest BCUT2D eigenvalue weighted by Crippen LogP contribution is 2.27. The van der Waals surface area contributed by atoms with Crippen LogP contribution in [0.5, 0.6) is 5.75 Å². The smallest absolute Gasteiger partial charge is 0.237 e. The zero-order chi connectivity index (χ0) is 21.3. The average molecular weight is 429 g/mol. The molecule has 0 aliphatic carbocycles. The van der Waals surface area contributed by atoms with Crippen molar-refractivity contribution in [3.63, 3.8) is 0 Å². The Morgan fingerprint density at radius 1 is 1.23 bits per heavy atom. The van der Waals surface area contributed by atoms with E-state index in [1.54, 1.807) is 16.5 Å². The largest absolute Gasteiger partial charge is 0.497 e. The van der Waals surface area contributed by atoms with Crippen LogP contribution < -0.4 is 4.74 Å². The number of piperidine rings is 1. The number of hydrogen-bond acceptors (Lipinski definition) is 6. The zero-order valence-electron chi connectivity index (χ0n) is 17.0. The Morgan fingerprint density at radius 3 is 2.83 bits per heavy atom. The SMILES string of the molecule is COc1cccc(-c2ccc3nc(C4CCCN(C(=O)CS(C)(=O)=O)C4)nn3c2)c1. The van der Waals surface area contributed by atoms with Gasteiger partial charge in [0.1, 0.15) is 11.5 Å². The Bertz CT molecular complexity index is 1190. The van der Waals surface area contributed by atoms with E-state index in [4.69, 9.17) is 4.74 Å². The van der Waals surface area contributed by atoms with Crippen LogP contribution in [0.25, 0.3) is 16.8 Å². The van der Waals surface area contributed by atoms with E-state index in [0.29, 0.717) is 18.9 Å². The number of ether oxygens (including phenoxy) is 1. The van der Waals surface area contributed by atoms with Crippen LogP contribution in [0, 0.1) is 0 Å². The molecule has 1 fully saturated rings. The van der Waals surface area contributed by atoms with Gasteiger partial charge in [-0.1, -0.05) is 12.1 Å². The lowest BCUT2D eigenvalue weighted by Gasteiger charge is -2.31. The number of carbonyl (C=O) groups excluding carboxylic acids is 1. The van der Waals surface area contributed by atoms with Gasteiger partial charge in [0.15, 0.2) is 21.3 Å². The van der Waals surface area contributed by atoms with E-state index in [9.17, 15) is 13.2 Å². The van der Waals surface area contributed by atoms with Crippen LogP contribution in [-0.4, -0.2) is 66.0 Å². The van der Waals surface area contributed by atoms with Crippen molar-refractivity contribution >= 4 is 21.4 Å². The van der Waals surface area contributed by atoms with E-state index in [1.165, 1.54) is 0 Å². The molecular weight excluding hydrogens is 404 g/mol. The molecular formula is C21H24N4O4S. The molecule has 158 valence electrons. The summed E-state index contributed by atoms with van der Waals surface area (Å²) in [5.41, 5.74) is 2.74. The third-order valence-electron chi connectivity index (χ3n) is 5.28. The molecule has 1 amide bonds. The molecule has 0 N–H and O–H groups in total. The average Bonchev–Trinajstić information content (AvgIpc) is 3.16. The minimum absolute atomic E-state index is 0.0116. The maximum Gasteiger partial charge on any atom is 0.237 e. The number of methoxy groups -OCH3 is 1. The van der Waals surface area contributed by atoms with Crippen LogP contribution in [-0.2, 0) is 14.6 Å². The summed E-state index contributed by atoms with van der Waals surface area (Å²) in [6.07, 6.45) is 4.67. The fourth-order valence-corrected chi connectivity index (χ4v) is 4.41. The zero-order valence-corrected chi connectivity index (χ0v) is 17.8. The first-order valence-corrected chi connectivity index (χ1v) is 11.8. The summed E-state index contributed by atoms with van der Waals surface area (Å²) in [6.45, 7) is 1.01. The molecule has 2 aromatic heterocycles. The molecule has 0 bridgehead atoms.